The van der Waals surface area contributed by atoms with Crippen LogP contribution in [0.1, 0.15) is 23.3 Å². The van der Waals surface area contributed by atoms with Crippen LogP contribution in [0.3, 0.4) is 0 Å². The lowest BCUT2D eigenvalue weighted by Crippen LogP contribution is -2.07. The molecule has 0 saturated carbocycles. The summed E-state index contributed by atoms with van der Waals surface area (Å²) in [5.74, 6) is 0. The number of unbranched alkanes of at least 4 members (excludes halogenated alkanes) is 1. The summed E-state index contributed by atoms with van der Waals surface area (Å²) < 4.78 is 1.26. The fourth-order valence-electron chi connectivity index (χ4n) is 1.35. The maximum absolute atomic E-state index is 3.51. The smallest absolute Gasteiger partial charge is 0.0704 e. The molecule has 0 aromatic carbocycles. The first-order chi connectivity index (χ1) is 6.24. The maximum Gasteiger partial charge on any atom is 0.0704 e. The van der Waals surface area contributed by atoms with E-state index in [1.165, 1.54) is 33.5 Å². The molecule has 1 N–H and O–H groups in total. The monoisotopic (exact) mass is 261 g/mol. The Kier molecular flexibility index (Phi) is 4.99. The van der Waals surface area contributed by atoms with Crippen LogP contribution in [0, 0.1) is 6.92 Å². The molecule has 3 heteroatoms. The van der Waals surface area contributed by atoms with Gasteiger partial charge in [0.25, 0.3) is 0 Å². The van der Waals surface area contributed by atoms with Gasteiger partial charge in [-0.25, -0.2) is 0 Å². The molecule has 0 aliphatic heterocycles. The summed E-state index contributed by atoms with van der Waals surface area (Å²) in [6, 6.07) is 2.25. The van der Waals surface area contributed by atoms with Crippen LogP contribution in [0.5, 0.6) is 0 Å². The van der Waals surface area contributed by atoms with Gasteiger partial charge in [-0.1, -0.05) is 0 Å². The molecule has 0 atom stereocenters. The van der Waals surface area contributed by atoms with Crippen LogP contribution >= 0.6 is 27.3 Å². The van der Waals surface area contributed by atoms with Crippen molar-refractivity contribution >= 4 is 27.3 Å². The molecule has 1 aromatic rings. The number of hydrogen-bond donors (Lipinski definition) is 1. The highest BCUT2D eigenvalue weighted by Gasteiger charge is 2.02. The number of rotatable bonds is 5. The van der Waals surface area contributed by atoms with E-state index < -0.39 is 0 Å². The van der Waals surface area contributed by atoms with Gasteiger partial charge in [-0.15, -0.1) is 11.3 Å². The topological polar surface area (TPSA) is 12.0 Å². The second-order valence-electron chi connectivity index (χ2n) is 3.19. The van der Waals surface area contributed by atoms with Gasteiger partial charge in [-0.2, -0.15) is 0 Å². The molecule has 0 bridgehead atoms. The van der Waals surface area contributed by atoms with Gasteiger partial charge < -0.3 is 5.32 Å². The summed E-state index contributed by atoms with van der Waals surface area (Å²) in [7, 11) is 2.01. The van der Waals surface area contributed by atoms with E-state index in [4.69, 9.17) is 0 Å². The minimum atomic E-state index is 1.13. The molecule has 1 aromatic heterocycles. The minimum absolute atomic E-state index is 1.13. The van der Waals surface area contributed by atoms with Crippen LogP contribution in [0.2, 0.25) is 0 Å². The summed E-state index contributed by atoms with van der Waals surface area (Å²) in [5, 5.41) is 3.17. The number of halogens is 1. The fourth-order valence-corrected chi connectivity index (χ4v) is 3.14. The molecular weight excluding hydrogens is 246 g/mol. The van der Waals surface area contributed by atoms with Crippen molar-refractivity contribution in [2.75, 3.05) is 13.6 Å². The lowest BCUT2D eigenvalue weighted by atomic mass is 10.1. The third-order valence-electron chi connectivity index (χ3n) is 2.11. The number of thiophene rings is 1. The van der Waals surface area contributed by atoms with Gasteiger partial charge in [0, 0.05) is 4.88 Å². The zero-order chi connectivity index (χ0) is 9.68. The van der Waals surface area contributed by atoms with Crippen molar-refractivity contribution in [2.45, 2.75) is 26.2 Å². The van der Waals surface area contributed by atoms with Gasteiger partial charge in [0.05, 0.1) is 3.79 Å². The van der Waals surface area contributed by atoms with E-state index in [9.17, 15) is 0 Å². The lowest BCUT2D eigenvalue weighted by Gasteiger charge is -1.99. The quantitative estimate of drug-likeness (QED) is 0.802. The first-order valence-electron chi connectivity index (χ1n) is 4.63. The first-order valence-corrected chi connectivity index (χ1v) is 6.24. The second-order valence-corrected chi connectivity index (χ2v) is 5.83. The van der Waals surface area contributed by atoms with Gasteiger partial charge in [0.1, 0.15) is 0 Å². The van der Waals surface area contributed by atoms with E-state index in [0.29, 0.717) is 0 Å². The Hall–Kier alpha value is 0.140. The molecule has 0 saturated heterocycles. The molecule has 1 heterocycles. The minimum Gasteiger partial charge on any atom is -0.320 e. The van der Waals surface area contributed by atoms with E-state index in [1.54, 1.807) is 0 Å². The Morgan fingerprint density at radius 3 is 2.77 bits per heavy atom. The summed E-state index contributed by atoms with van der Waals surface area (Å²) in [6.45, 7) is 3.33. The maximum atomic E-state index is 3.51. The molecule has 0 aliphatic carbocycles. The van der Waals surface area contributed by atoms with E-state index in [0.717, 1.165) is 6.54 Å². The van der Waals surface area contributed by atoms with Gasteiger partial charge in [0.15, 0.2) is 0 Å². The van der Waals surface area contributed by atoms with E-state index in [2.05, 4.69) is 34.2 Å². The van der Waals surface area contributed by atoms with Crippen molar-refractivity contribution in [3.63, 3.8) is 0 Å². The molecule has 0 aliphatic rings. The van der Waals surface area contributed by atoms with E-state index >= 15 is 0 Å². The molecule has 0 radical (unpaired) electrons. The standard InChI is InChI=1S/C10H16BrNS/c1-8-9(7-10(11)13-8)5-3-4-6-12-2/h7,12H,3-6H2,1-2H3. The molecular formula is C10H16BrNS. The Morgan fingerprint density at radius 2 is 2.23 bits per heavy atom. The van der Waals surface area contributed by atoms with Crippen LogP contribution in [0.25, 0.3) is 0 Å². The van der Waals surface area contributed by atoms with Crippen LogP contribution in [0.15, 0.2) is 9.85 Å². The molecule has 1 rings (SSSR count). The second kappa shape index (κ2) is 5.78. The highest BCUT2D eigenvalue weighted by atomic mass is 79.9. The highest BCUT2D eigenvalue weighted by molar-refractivity contribution is 9.11. The van der Waals surface area contributed by atoms with Crippen molar-refractivity contribution in [3.05, 3.63) is 20.3 Å². The average molecular weight is 262 g/mol. The van der Waals surface area contributed by atoms with Crippen LogP contribution in [-0.4, -0.2) is 13.6 Å². The van der Waals surface area contributed by atoms with Crippen LogP contribution < -0.4 is 5.32 Å². The lowest BCUT2D eigenvalue weighted by molar-refractivity contribution is 0.677. The predicted molar refractivity (Wildman–Crippen MR) is 63.6 cm³/mol. The third-order valence-corrected chi connectivity index (χ3v) is 3.71. The highest BCUT2D eigenvalue weighted by Crippen LogP contribution is 2.27. The predicted octanol–water partition coefficient (Wildman–Crippen LogP) is 3.36. The molecule has 74 valence electrons. The molecule has 0 spiro atoms. The Labute approximate surface area is 92.7 Å². The Balaban J connectivity index is 2.32. The Morgan fingerprint density at radius 1 is 1.46 bits per heavy atom. The molecule has 0 unspecified atom stereocenters. The number of hydrogen-bond acceptors (Lipinski definition) is 2. The van der Waals surface area contributed by atoms with E-state index in [1.807, 2.05) is 18.4 Å². The summed E-state index contributed by atoms with van der Waals surface area (Å²) in [5.41, 5.74) is 1.51. The number of aryl methyl sites for hydroxylation is 2. The number of nitrogens with one attached hydrogen (secondary N) is 1. The van der Waals surface area contributed by atoms with Crippen LogP contribution in [0.4, 0.5) is 0 Å². The van der Waals surface area contributed by atoms with Crippen LogP contribution in [-0.2, 0) is 6.42 Å². The molecule has 13 heavy (non-hydrogen) atoms. The van der Waals surface area contributed by atoms with Gasteiger partial charge >= 0.3 is 0 Å². The zero-order valence-corrected chi connectivity index (χ0v) is 10.6. The van der Waals surface area contributed by atoms with Crippen molar-refractivity contribution in [1.29, 1.82) is 0 Å². The first kappa shape index (κ1) is 11.2. The largest absolute Gasteiger partial charge is 0.320 e. The zero-order valence-electron chi connectivity index (χ0n) is 8.19. The fraction of sp³-hybridized carbons (Fsp3) is 0.600. The normalized spacial score (nSPS) is 10.7. The van der Waals surface area contributed by atoms with Gasteiger partial charge in [-0.3, -0.25) is 0 Å². The van der Waals surface area contributed by atoms with Crippen molar-refractivity contribution < 1.29 is 0 Å². The molecule has 1 nitrogen and oxygen atoms in total. The van der Waals surface area contributed by atoms with E-state index in [-0.39, 0.29) is 0 Å². The average Bonchev–Trinajstić information content (AvgIpc) is 2.39. The van der Waals surface area contributed by atoms with Crippen molar-refractivity contribution in [1.82, 2.24) is 5.32 Å². The molecule has 0 amide bonds. The Bertz CT molecular complexity index is 257. The summed E-state index contributed by atoms with van der Waals surface area (Å²) in [4.78, 5) is 1.45. The summed E-state index contributed by atoms with van der Waals surface area (Å²) in [6.07, 6.45) is 3.77. The van der Waals surface area contributed by atoms with Gasteiger partial charge in [0.2, 0.25) is 0 Å². The third kappa shape index (κ3) is 3.79. The van der Waals surface area contributed by atoms with Crippen molar-refractivity contribution in [3.8, 4) is 0 Å². The SMILES string of the molecule is CNCCCCc1cc(Br)sc1C. The van der Waals surface area contributed by atoms with Gasteiger partial charge in [-0.05, 0) is 67.3 Å². The molecule has 0 fully saturated rings. The van der Waals surface area contributed by atoms with Crippen molar-refractivity contribution in [2.24, 2.45) is 0 Å². The summed E-state index contributed by atoms with van der Waals surface area (Å²) >= 11 is 5.35.